The van der Waals surface area contributed by atoms with Crippen LogP contribution < -0.4 is 0 Å². The molecule has 0 amide bonds. The van der Waals surface area contributed by atoms with Gasteiger partial charge in [-0.2, -0.15) is 0 Å². The maximum absolute atomic E-state index is 11.8. The van der Waals surface area contributed by atoms with Gasteiger partial charge in [0.2, 0.25) is 0 Å². The summed E-state index contributed by atoms with van der Waals surface area (Å²) in [7, 11) is 0. The fraction of sp³-hybridized carbons (Fsp3) is 0.947. The first kappa shape index (κ1) is 16.0. The number of ketones is 1. The minimum Gasteiger partial charge on any atom is -0.300 e. The van der Waals surface area contributed by atoms with Gasteiger partial charge in [-0.25, -0.2) is 0 Å². The van der Waals surface area contributed by atoms with Crippen molar-refractivity contribution in [3.8, 4) is 0 Å². The summed E-state index contributed by atoms with van der Waals surface area (Å²) in [6, 6.07) is 0. The summed E-state index contributed by atoms with van der Waals surface area (Å²) in [6.07, 6.45) is 5.08. The molecule has 0 aromatic heterocycles. The predicted molar refractivity (Wildman–Crippen MR) is 85.5 cm³/mol. The molecule has 1 nitrogen and oxygen atoms in total. The second-order valence-corrected chi connectivity index (χ2v) is 8.07. The highest BCUT2D eigenvalue weighted by atomic mass is 16.1. The van der Waals surface area contributed by atoms with E-state index in [0.29, 0.717) is 22.5 Å². The minimum absolute atomic E-state index is 0.300. The highest BCUT2D eigenvalue weighted by Gasteiger charge is 2.72. The molecule has 1 heteroatoms. The van der Waals surface area contributed by atoms with E-state index in [9.17, 15) is 4.79 Å². The molecule has 20 heavy (non-hydrogen) atoms. The Kier molecular flexibility index (Phi) is 4.13. The molecular weight excluding hydrogens is 244 g/mol. The lowest BCUT2D eigenvalue weighted by molar-refractivity contribution is -0.288. The molecular formula is C19H34O. The molecule has 0 saturated heterocycles. The fourth-order valence-electron chi connectivity index (χ4n) is 6.36. The SMILES string of the molecule is CC.CC(=O)CC1(C(C)C)C(C)CC2CC3CC1C23C. The van der Waals surface area contributed by atoms with E-state index in [0.717, 1.165) is 30.1 Å². The monoisotopic (exact) mass is 278 g/mol. The van der Waals surface area contributed by atoms with Gasteiger partial charge in [-0.15, -0.1) is 0 Å². The molecule has 0 aromatic carbocycles. The smallest absolute Gasteiger partial charge is 0.130 e. The fourth-order valence-corrected chi connectivity index (χ4v) is 6.36. The average Bonchev–Trinajstić information content (AvgIpc) is 2.38. The van der Waals surface area contributed by atoms with Crippen LogP contribution >= 0.6 is 0 Å². The van der Waals surface area contributed by atoms with Crippen molar-refractivity contribution in [3.63, 3.8) is 0 Å². The Morgan fingerprint density at radius 1 is 1.15 bits per heavy atom. The normalized spacial score (nSPS) is 48.4. The van der Waals surface area contributed by atoms with E-state index < -0.39 is 0 Å². The van der Waals surface area contributed by atoms with Gasteiger partial charge in [0, 0.05) is 6.42 Å². The molecule has 0 aromatic rings. The third kappa shape index (κ3) is 1.77. The van der Waals surface area contributed by atoms with E-state index in [4.69, 9.17) is 0 Å². The first-order chi connectivity index (χ1) is 9.33. The number of hydrogen-bond acceptors (Lipinski definition) is 1. The van der Waals surface area contributed by atoms with Gasteiger partial charge in [-0.3, -0.25) is 0 Å². The van der Waals surface area contributed by atoms with Crippen LogP contribution in [0.2, 0.25) is 0 Å². The lowest BCUT2D eigenvalue weighted by atomic mass is 9.27. The Bertz CT molecular complexity index is 385. The Hall–Kier alpha value is -0.330. The topological polar surface area (TPSA) is 17.1 Å². The summed E-state index contributed by atoms with van der Waals surface area (Å²) in [5, 5.41) is 0. The molecule has 0 aliphatic heterocycles. The van der Waals surface area contributed by atoms with Gasteiger partial charge >= 0.3 is 0 Å². The summed E-state index contributed by atoms with van der Waals surface area (Å²) in [5.41, 5.74) is 0.903. The molecule has 3 fully saturated rings. The van der Waals surface area contributed by atoms with Gasteiger partial charge in [-0.05, 0) is 66.6 Å². The van der Waals surface area contributed by atoms with Gasteiger partial charge in [0.15, 0.2) is 0 Å². The summed E-state index contributed by atoms with van der Waals surface area (Å²) < 4.78 is 0. The molecule has 0 bridgehead atoms. The van der Waals surface area contributed by atoms with Crippen molar-refractivity contribution in [1.29, 1.82) is 0 Å². The van der Waals surface area contributed by atoms with Gasteiger partial charge in [0.05, 0.1) is 0 Å². The Labute approximate surface area is 125 Å². The molecule has 3 rings (SSSR count). The van der Waals surface area contributed by atoms with Crippen LogP contribution in [0.15, 0.2) is 0 Å². The average molecular weight is 278 g/mol. The predicted octanol–water partition coefficient (Wildman–Crippen LogP) is 5.34. The zero-order valence-electron chi connectivity index (χ0n) is 14.6. The summed E-state index contributed by atoms with van der Waals surface area (Å²) in [5.74, 6) is 4.55. The Morgan fingerprint density at radius 3 is 2.15 bits per heavy atom. The number of rotatable bonds is 3. The zero-order chi connectivity index (χ0) is 15.3. The number of carbonyl (C=O) groups is 1. The third-order valence-electron chi connectivity index (χ3n) is 7.43. The standard InChI is InChI=1S/C17H28O.C2H6/c1-10(2)17(9-12(4)18)11(3)6-13-7-14-8-15(17)16(13,14)5;1-2/h10-11,13-15H,6-9H2,1-5H3;1-2H3. The van der Waals surface area contributed by atoms with E-state index in [1.54, 1.807) is 6.92 Å². The maximum Gasteiger partial charge on any atom is 0.130 e. The molecule has 3 aliphatic rings. The molecule has 6 atom stereocenters. The zero-order valence-corrected chi connectivity index (χ0v) is 14.6. The van der Waals surface area contributed by atoms with E-state index in [1.165, 1.54) is 19.3 Å². The van der Waals surface area contributed by atoms with Crippen LogP contribution in [-0.2, 0) is 4.79 Å². The quantitative estimate of drug-likeness (QED) is 0.681. The summed E-state index contributed by atoms with van der Waals surface area (Å²) in [6.45, 7) is 15.5. The van der Waals surface area contributed by atoms with Crippen molar-refractivity contribution >= 4 is 5.78 Å². The van der Waals surface area contributed by atoms with Gasteiger partial charge in [0.1, 0.15) is 5.78 Å². The Morgan fingerprint density at radius 2 is 1.70 bits per heavy atom. The molecule has 0 N–H and O–H groups in total. The van der Waals surface area contributed by atoms with E-state index >= 15 is 0 Å². The number of hydrogen-bond donors (Lipinski definition) is 0. The van der Waals surface area contributed by atoms with Gasteiger partial charge in [-0.1, -0.05) is 41.5 Å². The molecule has 0 spiro atoms. The van der Waals surface area contributed by atoms with E-state index in [1.807, 2.05) is 13.8 Å². The van der Waals surface area contributed by atoms with Crippen LogP contribution in [-0.4, -0.2) is 5.78 Å². The highest BCUT2D eigenvalue weighted by molar-refractivity contribution is 5.76. The van der Waals surface area contributed by atoms with Crippen molar-refractivity contribution < 1.29 is 4.79 Å². The highest BCUT2D eigenvalue weighted by Crippen LogP contribution is 2.78. The maximum atomic E-state index is 11.8. The van der Waals surface area contributed by atoms with Crippen LogP contribution in [0.3, 0.4) is 0 Å². The molecule has 0 radical (unpaired) electrons. The van der Waals surface area contributed by atoms with Crippen LogP contribution in [0.25, 0.3) is 0 Å². The van der Waals surface area contributed by atoms with Crippen LogP contribution in [0.5, 0.6) is 0 Å². The van der Waals surface area contributed by atoms with Crippen LogP contribution in [0, 0.1) is 40.4 Å². The van der Waals surface area contributed by atoms with Crippen molar-refractivity contribution in [1.82, 2.24) is 0 Å². The number of Topliss-reactive ketones (excluding diaryl/α,β-unsaturated/α-hetero) is 1. The second-order valence-electron chi connectivity index (χ2n) is 8.07. The lowest BCUT2D eigenvalue weighted by Crippen LogP contribution is -2.71. The van der Waals surface area contributed by atoms with Crippen molar-refractivity contribution in [2.45, 2.75) is 74.1 Å². The lowest BCUT2D eigenvalue weighted by Gasteiger charge is -2.77. The van der Waals surface area contributed by atoms with Crippen molar-refractivity contribution in [2.75, 3.05) is 0 Å². The minimum atomic E-state index is 0.300. The first-order valence-corrected chi connectivity index (χ1v) is 8.82. The molecule has 3 saturated carbocycles. The van der Waals surface area contributed by atoms with Crippen LogP contribution in [0.1, 0.15) is 74.1 Å². The van der Waals surface area contributed by atoms with Crippen molar-refractivity contribution in [3.05, 3.63) is 0 Å². The Balaban J connectivity index is 0.000000704. The molecule has 116 valence electrons. The van der Waals surface area contributed by atoms with Gasteiger partial charge in [0.25, 0.3) is 0 Å². The van der Waals surface area contributed by atoms with Gasteiger partial charge < -0.3 is 4.79 Å². The van der Waals surface area contributed by atoms with Crippen LogP contribution in [0.4, 0.5) is 0 Å². The molecule has 3 aliphatic carbocycles. The molecule has 0 heterocycles. The summed E-state index contributed by atoms with van der Waals surface area (Å²) >= 11 is 0. The summed E-state index contributed by atoms with van der Waals surface area (Å²) in [4.78, 5) is 11.8. The van der Waals surface area contributed by atoms with E-state index in [-0.39, 0.29) is 0 Å². The van der Waals surface area contributed by atoms with E-state index in [2.05, 4.69) is 27.7 Å². The molecule has 6 unspecified atom stereocenters. The largest absolute Gasteiger partial charge is 0.300 e. The second kappa shape index (κ2) is 5.14. The third-order valence-corrected chi connectivity index (χ3v) is 7.43. The number of carbonyl (C=O) groups excluding carboxylic acids is 1. The first-order valence-electron chi connectivity index (χ1n) is 8.82. The van der Waals surface area contributed by atoms with Crippen molar-refractivity contribution in [2.24, 2.45) is 40.4 Å².